The Balaban J connectivity index is 2.36. The van der Waals surface area contributed by atoms with Crippen molar-refractivity contribution in [2.45, 2.75) is 18.9 Å². The summed E-state index contributed by atoms with van der Waals surface area (Å²) in [6, 6.07) is -0.465. The van der Waals surface area contributed by atoms with Crippen LogP contribution >= 0.6 is 0 Å². The van der Waals surface area contributed by atoms with E-state index in [0.717, 1.165) is 12.8 Å². The zero-order chi connectivity index (χ0) is 9.68. The lowest BCUT2D eigenvalue weighted by molar-refractivity contribution is -0.128. The van der Waals surface area contributed by atoms with Crippen molar-refractivity contribution in [2.24, 2.45) is 11.7 Å². The van der Waals surface area contributed by atoms with Crippen LogP contribution in [0.1, 0.15) is 12.8 Å². The summed E-state index contributed by atoms with van der Waals surface area (Å²) in [5.74, 6) is 0.198. The average molecular weight is 187 g/mol. The lowest BCUT2D eigenvalue weighted by Crippen LogP contribution is -2.40. The third-order valence-corrected chi connectivity index (χ3v) is 2.34. The Morgan fingerprint density at radius 2 is 2.23 bits per heavy atom. The molecule has 1 heterocycles. The summed E-state index contributed by atoms with van der Waals surface area (Å²) in [7, 11) is 1.55. The van der Waals surface area contributed by atoms with Gasteiger partial charge >= 0.3 is 0 Å². The van der Waals surface area contributed by atoms with Gasteiger partial charge in [-0.2, -0.15) is 0 Å². The standard InChI is InChI=1S/C9H17NO3/c1-12-6-8(10)9(11)7-2-4-13-5-3-7/h7-8H,2-6,10H2,1H3. The van der Waals surface area contributed by atoms with Gasteiger partial charge < -0.3 is 15.2 Å². The van der Waals surface area contributed by atoms with Crippen molar-refractivity contribution < 1.29 is 14.3 Å². The van der Waals surface area contributed by atoms with Crippen LogP contribution < -0.4 is 5.73 Å². The molecule has 1 rings (SSSR count). The van der Waals surface area contributed by atoms with Crippen LogP contribution in [0.4, 0.5) is 0 Å². The predicted octanol–water partition coefficient (Wildman–Crippen LogP) is -0.0442. The van der Waals surface area contributed by atoms with Crippen molar-refractivity contribution in [3.05, 3.63) is 0 Å². The van der Waals surface area contributed by atoms with E-state index in [0.29, 0.717) is 19.8 Å². The van der Waals surface area contributed by atoms with Crippen molar-refractivity contribution in [2.75, 3.05) is 26.9 Å². The summed E-state index contributed by atoms with van der Waals surface area (Å²) in [5, 5.41) is 0. The topological polar surface area (TPSA) is 61.5 Å². The Hall–Kier alpha value is -0.450. The smallest absolute Gasteiger partial charge is 0.155 e. The van der Waals surface area contributed by atoms with E-state index in [2.05, 4.69) is 0 Å². The molecule has 1 atom stereocenters. The van der Waals surface area contributed by atoms with Crippen molar-refractivity contribution in [3.63, 3.8) is 0 Å². The maximum atomic E-state index is 11.6. The van der Waals surface area contributed by atoms with Gasteiger partial charge in [-0.15, -0.1) is 0 Å². The number of nitrogens with two attached hydrogens (primary N) is 1. The molecule has 0 saturated carbocycles. The summed E-state index contributed by atoms with van der Waals surface area (Å²) >= 11 is 0. The Morgan fingerprint density at radius 1 is 1.62 bits per heavy atom. The molecule has 1 unspecified atom stereocenters. The van der Waals surface area contributed by atoms with Crippen LogP contribution in [-0.4, -0.2) is 38.8 Å². The van der Waals surface area contributed by atoms with E-state index in [1.54, 1.807) is 7.11 Å². The van der Waals surface area contributed by atoms with Crippen molar-refractivity contribution >= 4 is 5.78 Å². The van der Waals surface area contributed by atoms with Crippen LogP contribution in [0.25, 0.3) is 0 Å². The molecule has 1 saturated heterocycles. The van der Waals surface area contributed by atoms with Gasteiger partial charge in [-0.1, -0.05) is 0 Å². The summed E-state index contributed by atoms with van der Waals surface area (Å²) in [6.07, 6.45) is 1.60. The number of rotatable bonds is 4. The number of Topliss-reactive ketones (excluding diaryl/α,β-unsaturated/α-hetero) is 1. The molecular weight excluding hydrogens is 170 g/mol. The second kappa shape index (κ2) is 5.32. The fourth-order valence-electron chi connectivity index (χ4n) is 1.55. The first-order valence-corrected chi connectivity index (χ1v) is 4.61. The van der Waals surface area contributed by atoms with E-state index in [-0.39, 0.29) is 11.7 Å². The molecule has 0 spiro atoms. The van der Waals surface area contributed by atoms with Gasteiger partial charge in [0.05, 0.1) is 12.6 Å². The highest BCUT2D eigenvalue weighted by molar-refractivity contribution is 5.86. The van der Waals surface area contributed by atoms with Gasteiger partial charge in [0.2, 0.25) is 0 Å². The second-order valence-corrected chi connectivity index (χ2v) is 3.35. The van der Waals surface area contributed by atoms with Gasteiger partial charge in [0.15, 0.2) is 5.78 Å². The molecule has 0 aliphatic carbocycles. The number of ether oxygens (including phenoxy) is 2. The van der Waals surface area contributed by atoms with Gasteiger partial charge in [0.1, 0.15) is 0 Å². The molecular formula is C9H17NO3. The van der Waals surface area contributed by atoms with Crippen LogP contribution in [-0.2, 0) is 14.3 Å². The van der Waals surface area contributed by atoms with E-state index in [1.807, 2.05) is 0 Å². The highest BCUT2D eigenvalue weighted by Crippen LogP contribution is 2.16. The van der Waals surface area contributed by atoms with E-state index in [4.69, 9.17) is 15.2 Å². The first-order chi connectivity index (χ1) is 6.25. The number of ketones is 1. The first-order valence-electron chi connectivity index (χ1n) is 4.61. The van der Waals surface area contributed by atoms with Gasteiger partial charge in [0, 0.05) is 26.2 Å². The van der Waals surface area contributed by atoms with Gasteiger partial charge in [-0.3, -0.25) is 4.79 Å². The molecule has 0 aromatic carbocycles. The highest BCUT2D eigenvalue weighted by atomic mass is 16.5. The Morgan fingerprint density at radius 3 is 2.77 bits per heavy atom. The zero-order valence-corrected chi connectivity index (χ0v) is 7.99. The largest absolute Gasteiger partial charge is 0.383 e. The number of carbonyl (C=O) groups excluding carboxylic acids is 1. The molecule has 4 heteroatoms. The van der Waals surface area contributed by atoms with E-state index >= 15 is 0 Å². The molecule has 2 N–H and O–H groups in total. The minimum Gasteiger partial charge on any atom is -0.383 e. The maximum absolute atomic E-state index is 11.6. The summed E-state index contributed by atoms with van der Waals surface area (Å²) in [5.41, 5.74) is 5.64. The monoisotopic (exact) mass is 187 g/mol. The first kappa shape index (κ1) is 10.6. The lowest BCUT2D eigenvalue weighted by atomic mass is 9.92. The van der Waals surface area contributed by atoms with Crippen molar-refractivity contribution in [1.82, 2.24) is 0 Å². The normalized spacial score (nSPS) is 21.4. The molecule has 13 heavy (non-hydrogen) atoms. The lowest BCUT2D eigenvalue weighted by Gasteiger charge is -2.23. The third-order valence-electron chi connectivity index (χ3n) is 2.34. The van der Waals surface area contributed by atoms with Crippen molar-refractivity contribution in [3.8, 4) is 0 Å². The highest BCUT2D eigenvalue weighted by Gasteiger charge is 2.25. The Kier molecular flexibility index (Phi) is 4.35. The quantitative estimate of drug-likeness (QED) is 0.670. The van der Waals surface area contributed by atoms with Crippen molar-refractivity contribution in [1.29, 1.82) is 0 Å². The number of hydrogen-bond acceptors (Lipinski definition) is 4. The van der Waals surface area contributed by atoms with E-state index in [9.17, 15) is 4.79 Å². The van der Waals surface area contributed by atoms with E-state index in [1.165, 1.54) is 0 Å². The van der Waals surface area contributed by atoms with Gasteiger partial charge in [-0.25, -0.2) is 0 Å². The molecule has 0 radical (unpaired) electrons. The SMILES string of the molecule is COCC(N)C(=O)C1CCOCC1. The average Bonchev–Trinajstić information content (AvgIpc) is 2.18. The van der Waals surface area contributed by atoms with Crippen LogP contribution in [0.2, 0.25) is 0 Å². The summed E-state index contributed by atoms with van der Waals surface area (Å²) < 4.78 is 10.0. The molecule has 1 fully saturated rings. The van der Waals surface area contributed by atoms with Gasteiger partial charge in [0.25, 0.3) is 0 Å². The zero-order valence-electron chi connectivity index (χ0n) is 7.99. The van der Waals surface area contributed by atoms with Crippen LogP contribution in [0.5, 0.6) is 0 Å². The fourth-order valence-corrected chi connectivity index (χ4v) is 1.55. The third kappa shape index (κ3) is 3.06. The van der Waals surface area contributed by atoms with Crippen LogP contribution in [0, 0.1) is 5.92 Å². The molecule has 0 aromatic rings. The minimum absolute atomic E-state index is 0.0823. The Labute approximate surface area is 78.4 Å². The summed E-state index contributed by atoms with van der Waals surface area (Å²) in [6.45, 7) is 1.67. The number of methoxy groups -OCH3 is 1. The molecule has 0 aromatic heterocycles. The molecule has 0 bridgehead atoms. The molecule has 76 valence electrons. The molecule has 0 amide bonds. The molecule has 1 aliphatic rings. The Bertz CT molecular complexity index is 166. The molecule has 4 nitrogen and oxygen atoms in total. The van der Waals surface area contributed by atoms with Crippen LogP contribution in [0.15, 0.2) is 0 Å². The summed E-state index contributed by atoms with van der Waals surface area (Å²) in [4.78, 5) is 11.6. The van der Waals surface area contributed by atoms with E-state index < -0.39 is 6.04 Å². The number of carbonyl (C=O) groups is 1. The minimum atomic E-state index is -0.465. The molecule has 1 aliphatic heterocycles. The van der Waals surface area contributed by atoms with Crippen LogP contribution in [0.3, 0.4) is 0 Å². The van der Waals surface area contributed by atoms with Gasteiger partial charge in [-0.05, 0) is 12.8 Å². The number of hydrogen-bond donors (Lipinski definition) is 1. The maximum Gasteiger partial charge on any atom is 0.155 e. The second-order valence-electron chi connectivity index (χ2n) is 3.35. The predicted molar refractivity (Wildman–Crippen MR) is 48.4 cm³/mol. The fraction of sp³-hybridized carbons (Fsp3) is 0.889.